The van der Waals surface area contributed by atoms with E-state index >= 15 is 0 Å². The van der Waals surface area contributed by atoms with Crippen molar-refractivity contribution in [2.24, 2.45) is 0 Å². The van der Waals surface area contributed by atoms with Crippen LogP contribution in [0.5, 0.6) is 0 Å². The van der Waals surface area contributed by atoms with Gasteiger partial charge in [-0.15, -0.1) is 0 Å². The Morgan fingerprint density at radius 1 is 0.400 bits per heavy atom. The Balaban J connectivity index is 0.000000255. The van der Waals surface area contributed by atoms with Crippen LogP contribution in [0, 0.1) is 18.2 Å². The van der Waals surface area contributed by atoms with E-state index in [1.165, 1.54) is 0 Å². The van der Waals surface area contributed by atoms with E-state index in [4.69, 9.17) is 0 Å². The van der Waals surface area contributed by atoms with E-state index in [-0.39, 0.29) is 0 Å². The van der Waals surface area contributed by atoms with E-state index in [1.807, 2.05) is 91.0 Å². The molecule has 0 saturated heterocycles. The molecule has 0 aromatic heterocycles. The van der Waals surface area contributed by atoms with Crippen LogP contribution in [-0.2, 0) is 13.7 Å². The number of hydrogen-bond donors (Lipinski definition) is 0. The molecule has 0 amide bonds. The maximum Gasteiger partial charge on any atom is -0.171 e. The van der Waals surface area contributed by atoms with E-state index in [1.54, 1.807) is 0 Å². The predicted octanol–water partition coefficient (Wildman–Crippen LogP) is 5.30. The van der Waals surface area contributed by atoms with Gasteiger partial charge in [-0.2, -0.15) is 109 Å². The van der Waals surface area contributed by atoms with Gasteiger partial charge in [0.25, 0.3) is 0 Å². The summed E-state index contributed by atoms with van der Waals surface area (Å²) < 4.78 is 0. The van der Waals surface area contributed by atoms with E-state index in [0.717, 1.165) is 0 Å². The molecule has 20 heavy (non-hydrogen) atoms. The normalized spacial score (nSPS) is 7.55. The average molecular weight is 370 g/mol. The van der Waals surface area contributed by atoms with Crippen molar-refractivity contribution in [3.05, 3.63) is 109 Å². The first kappa shape index (κ1) is 18.6. The van der Waals surface area contributed by atoms with Crippen molar-refractivity contribution in [3.63, 3.8) is 0 Å². The Bertz CT molecular complexity index is 302. The van der Waals surface area contributed by atoms with Gasteiger partial charge in [0.05, 0.1) is 0 Å². The fourth-order valence-corrected chi connectivity index (χ4v) is 1.03. The molecule has 0 unspecified atom stereocenters. The molecule has 0 fully saturated rings. The van der Waals surface area contributed by atoms with Crippen LogP contribution in [0.15, 0.2) is 91.0 Å². The summed E-state index contributed by atoms with van der Waals surface area (Å²) in [5.41, 5.74) is 0. The number of halogens is 1. The quantitative estimate of drug-likeness (QED) is 0.372. The largest absolute Gasteiger partial charge is 0.184 e. The second-order valence-electron chi connectivity index (χ2n) is 3.23. The maximum atomic E-state index is 3.69. The molecule has 0 nitrogen and oxygen atoms in total. The maximum absolute atomic E-state index is 3.69. The zero-order valence-corrected chi connectivity index (χ0v) is 13.4. The molecule has 0 saturated carbocycles. The van der Waals surface area contributed by atoms with E-state index in [2.05, 4.69) is 46.1 Å². The van der Waals surface area contributed by atoms with Gasteiger partial charge in [-0.3, -0.25) is 0 Å². The molecule has 3 aromatic carbocycles. The van der Waals surface area contributed by atoms with Crippen LogP contribution >= 0.6 is 14.2 Å². The number of benzene rings is 3. The second-order valence-corrected chi connectivity index (χ2v) is 3.23. The molecule has 3 aromatic rings. The Labute approximate surface area is 137 Å². The topological polar surface area (TPSA) is 0 Å². The fraction of sp³-hybridized carbons (Fsp3) is 0. The van der Waals surface area contributed by atoms with Crippen LogP contribution in [-0.4, -0.2) is 0 Å². The molecule has 0 aliphatic carbocycles. The molecule has 0 N–H and O–H groups in total. The summed E-state index contributed by atoms with van der Waals surface area (Å²) in [5.74, 6) is 0. The summed E-state index contributed by atoms with van der Waals surface area (Å²) >= 11 is 6.25. The third-order valence-electron chi connectivity index (χ3n) is 1.82. The van der Waals surface area contributed by atoms with Crippen LogP contribution in [0.2, 0.25) is 0 Å². The molecule has 0 atom stereocenters. The summed E-state index contributed by atoms with van der Waals surface area (Å²) in [4.78, 5) is 0. The molecule has 0 aliphatic rings. The minimum atomic E-state index is 1.88. The van der Waals surface area contributed by atoms with Crippen LogP contribution < -0.4 is 0 Å². The van der Waals surface area contributed by atoms with Crippen molar-refractivity contribution in [3.8, 4) is 0 Å². The Morgan fingerprint density at radius 3 is 0.650 bits per heavy atom. The van der Waals surface area contributed by atoms with Crippen molar-refractivity contribution in [2.75, 3.05) is 0 Å². The molecule has 2 heteroatoms. The standard InChI is InChI=1S/3C6H5.BrH.Ni/c3*1-2-4-6-5-3-1;;/h3*1-5H;1H;/q3*-1;;+1/p-1. The number of hydrogen-bond acceptors (Lipinski definition) is 0. The molecular weight excluding hydrogens is 355 g/mol. The predicted molar refractivity (Wildman–Crippen MR) is 84.8 cm³/mol. The van der Waals surface area contributed by atoms with Crippen molar-refractivity contribution < 1.29 is 13.7 Å². The molecule has 0 heterocycles. The summed E-state index contributed by atoms with van der Waals surface area (Å²) in [6.45, 7) is 0. The molecule has 0 spiro atoms. The van der Waals surface area contributed by atoms with Crippen molar-refractivity contribution in [1.29, 1.82) is 0 Å². The van der Waals surface area contributed by atoms with Crippen LogP contribution in [0.1, 0.15) is 0 Å². The van der Waals surface area contributed by atoms with Crippen molar-refractivity contribution in [1.82, 2.24) is 0 Å². The third kappa shape index (κ3) is 14.7. The summed E-state index contributed by atoms with van der Waals surface area (Å²) in [7, 11) is 0. The summed E-state index contributed by atoms with van der Waals surface area (Å²) in [5, 5.41) is 0. The van der Waals surface area contributed by atoms with E-state index < -0.39 is 0 Å². The van der Waals surface area contributed by atoms with Gasteiger partial charge in [0, 0.05) is 0 Å². The smallest absolute Gasteiger partial charge is 0.171 e. The first-order chi connectivity index (χ1) is 10.0. The van der Waals surface area contributed by atoms with Gasteiger partial charge in [-0.1, -0.05) is 0 Å². The van der Waals surface area contributed by atoms with E-state index in [0.29, 0.717) is 0 Å². The monoisotopic (exact) mass is 368 g/mol. The molecule has 3 rings (SSSR count). The molecule has 0 aliphatic heterocycles. The van der Waals surface area contributed by atoms with Crippen LogP contribution in [0.4, 0.5) is 0 Å². The van der Waals surface area contributed by atoms with Gasteiger partial charge in [-0.25, -0.2) is 0 Å². The molecular formula is C18H15BrNi-3. The first-order valence-electron chi connectivity index (χ1n) is 5.85. The van der Waals surface area contributed by atoms with Gasteiger partial charge >= 0.3 is 27.9 Å². The van der Waals surface area contributed by atoms with Crippen LogP contribution in [0.3, 0.4) is 0 Å². The SMILES string of the molecule is [Ni][Br].[c-]1ccccc1.[c-]1ccccc1.[c-]1ccccc1. The molecule has 0 bridgehead atoms. The third-order valence-corrected chi connectivity index (χ3v) is 1.82. The average Bonchev–Trinajstić information content (AvgIpc) is 2.62. The van der Waals surface area contributed by atoms with Gasteiger partial charge in [0.15, 0.2) is 0 Å². The first-order valence-corrected chi connectivity index (χ1v) is 8.29. The van der Waals surface area contributed by atoms with Gasteiger partial charge in [-0.05, 0) is 0 Å². The van der Waals surface area contributed by atoms with Gasteiger partial charge in [0.2, 0.25) is 0 Å². The molecule has 107 valence electrons. The Morgan fingerprint density at radius 2 is 0.600 bits per heavy atom. The van der Waals surface area contributed by atoms with E-state index in [9.17, 15) is 0 Å². The minimum Gasteiger partial charge on any atom is -0.184 e. The second kappa shape index (κ2) is 17.6. The van der Waals surface area contributed by atoms with Gasteiger partial charge in [0.1, 0.15) is 0 Å². The molecule has 0 radical (unpaired) electrons. The Kier molecular flexibility index (Phi) is 16.4. The van der Waals surface area contributed by atoms with Crippen LogP contribution in [0.25, 0.3) is 0 Å². The number of rotatable bonds is 0. The van der Waals surface area contributed by atoms with Gasteiger partial charge < -0.3 is 0 Å². The summed E-state index contributed by atoms with van der Waals surface area (Å²) in [6.07, 6.45) is 0. The zero-order valence-electron chi connectivity index (χ0n) is 10.9. The Hall–Kier alpha value is -1.37. The zero-order chi connectivity index (χ0) is 14.7. The fourth-order valence-electron chi connectivity index (χ4n) is 1.03. The summed E-state index contributed by atoms with van der Waals surface area (Å²) in [6, 6.07) is 37.5. The van der Waals surface area contributed by atoms with Crippen molar-refractivity contribution in [2.45, 2.75) is 0 Å². The van der Waals surface area contributed by atoms with Crippen molar-refractivity contribution >= 4 is 14.2 Å². The minimum absolute atomic E-state index is 1.88.